The van der Waals surface area contributed by atoms with Crippen LogP contribution in [0.4, 0.5) is 0 Å². The van der Waals surface area contributed by atoms with Crippen molar-refractivity contribution in [2.24, 2.45) is 0 Å². The van der Waals surface area contributed by atoms with Gasteiger partial charge in [-0.1, -0.05) is 5.21 Å². The van der Waals surface area contributed by atoms with Gasteiger partial charge in [-0.05, 0) is 6.92 Å². The summed E-state index contributed by atoms with van der Waals surface area (Å²) in [4.78, 5) is 22.1. The summed E-state index contributed by atoms with van der Waals surface area (Å²) in [5.74, 6) is -0.0546. The van der Waals surface area contributed by atoms with E-state index in [2.05, 4.69) is 20.2 Å². The van der Waals surface area contributed by atoms with E-state index in [9.17, 15) is 4.79 Å². The van der Waals surface area contributed by atoms with Crippen molar-refractivity contribution < 1.29 is 9.53 Å². The molecular formula is C15H20N6O2S. The molecule has 0 aromatic carbocycles. The van der Waals surface area contributed by atoms with Crippen LogP contribution in [0.1, 0.15) is 27.1 Å². The van der Waals surface area contributed by atoms with Crippen molar-refractivity contribution in [1.29, 1.82) is 0 Å². The van der Waals surface area contributed by atoms with E-state index in [0.29, 0.717) is 32.0 Å². The largest absolute Gasteiger partial charge is 0.378 e. The Bertz CT molecular complexity index is 717. The van der Waals surface area contributed by atoms with Gasteiger partial charge in [-0.15, -0.1) is 16.4 Å². The summed E-state index contributed by atoms with van der Waals surface area (Å²) >= 11 is 1.70. The summed E-state index contributed by atoms with van der Waals surface area (Å²) in [5.41, 5.74) is 3.43. The molecule has 2 aromatic heterocycles. The molecule has 0 saturated carbocycles. The van der Waals surface area contributed by atoms with Crippen LogP contribution in [0.5, 0.6) is 0 Å². The average molecular weight is 348 g/mol. The zero-order valence-electron chi connectivity index (χ0n) is 13.6. The molecule has 0 spiro atoms. The second kappa shape index (κ2) is 6.58. The molecule has 2 aliphatic rings. The minimum Gasteiger partial charge on any atom is -0.378 e. The SMILES string of the molecule is Cc1ncsc1CN1CC(n2cc(C(=O)N3CCOCC3)nn2)C1. The van der Waals surface area contributed by atoms with Crippen LogP contribution >= 0.6 is 11.3 Å². The Hall–Kier alpha value is -1.84. The van der Waals surface area contributed by atoms with E-state index < -0.39 is 0 Å². The fourth-order valence-electron chi connectivity index (χ4n) is 3.00. The number of ether oxygens (including phenoxy) is 1. The monoisotopic (exact) mass is 348 g/mol. The second-order valence-corrected chi connectivity index (χ2v) is 7.14. The summed E-state index contributed by atoms with van der Waals surface area (Å²) in [6.45, 7) is 7.25. The molecule has 8 nitrogen and oxygen atoms in total. The Morgan fingerprint density at radius 1 is 1.38 bits per heavy atom. The number of thiazole rings is 1. The predicted octanol–water partition coefficient (Wildman–Crippen LogP) is 0.572. The maximum Gasteiger partial charge on any atom is 0.276 e. The Morgan fingerprint density at radius 2 is 2.17 bits per heavy atom. The van der Waals surface area contributed by atoms with Crippen molar-refractivity contribution >= 4 is 17.2 Å². The molecule has 2 saturated heterocycles. The molecule has 0 bridgehead atoms. The molecule has 128 valence electrons. The number of hydrogen-bond acceptors (Lipinski definition) is 7. The Kier molecular flexibility index (Phi) is 4.30. The van der Waals surface area contributed by atoms with Gasteiger partial charge in [0, 0.05) is 37.6 Å². The van der Waals surface area contributed by atoms with Crippen molar-refractivity contribution in [1.82, 2.24) is 29.8 Å². The van der Waals surface area contributed by atoms with Crippen molar-refractivity contribution in [3.8, 4) is 0 Å². The summed E-state index contributed by atoms with van der Waals surface area (Å²) in [6.07, 6.45) is 1.78. The zero-order chi connectivity index (χ0) is 16.5. The molecule has 0 aliphatic carbocycles. The molecule has 0 unspecified atom stereocenters. The smallest absolute Gasteiger partial charge is 0.276 e. The van der Waals surface area contributed by atoms with Gasteiger partial charge in [-0.25, -0.2) is 9.67 Å². The molecule has 4 heterocycles. The highest BCUT2D eigenvalue weighted by atomic mass is 32.1. The lowest BCUT2D eigenvalue weighted by molar-refractivity contribution is 0.0299. The van der Waals surface area contributed by atoms with Crippen LogP contribution in [0.2, 0.25) is 0 Å². The van der Waals surface area contributed by atoms with Crippen LogP contribution in [0.3, 0.4) is 0 Å². The second-order valence-electron chi connectivity index (χ2n) is 6.20. The predicted molar refractivity (Wildman–Crippen MR) is 87.9 cm³/mol. The first-order valence-electron chi connectivity index (χ1n) is 8.11. The highest BCUT2D eigenvalue weighted by molar-refractivity contribution is 7.09. The number of aromatic nitrogens is 4. The fraction of sp³-hybridized carbons (Fsp3) is 0.600. The molecule has 4 rings (SSSR count). The van der Waals surface area contributed by atoms with E-state index in [1.807, 2.05) is 17.1 Å². The third kappa shape index (κ3) is 3.06. The molecule has 24 heavy (non-hydrogen) atoms. The maximum atomic E-state index is 12.4. The van der Waals surface area contributed by atoms with E-state index >= 15 is 0 Å². The van der Waals surface area contributed by atoms with Crippen molar-refractivity contribution in [2.45, 2.75) is 19.5 Å². The third-order valence-electron chi connectivity index (χ3n) is 4.55. The van der Waals surface area contributed by atoms with Gasteiger partial charge in [0.2, 0.25) is 0 Å². The molecule has 1 amide bonds. The number of morpholine rings is 1. The average Bonchev–Trinajstić information content (AvgIpc) is 3.20. The Labute approximate surface area is 144 Å². The van der Waals surface area contributed by atoms with Gasteiger partial charge in [0.25, 0.3) is 5.91 Å². The van der Waals surface area contributed by atoms with Crippen LogP contribution in [0.25, 0.3) is 0 Å². The highest BCUT2D eigenvalue weighted by Gasteiger charge is 2.31. The van der Waals surface area contributed by atoms with Crippen LogP contribution in [-0.2, 0) is 11.3 Å². The number of likely N-dealkylation sites (tertiary alicyclic amines) is 1. The summed E-state index contributed by atoms with van der Waals surface area (Å²) in [6, 6.07) is 0.289. The van der Waals surface area contributed by atoms with Crippen LogP contribution in [0, 0.1) is 6.92 Å². The van der Waals surface area contributed by atoms with Gasteiger partial charge >= 0.3 is 0 Å². The molecule has 0 radical (unpaired) electrons. The molecule has 2 aliphatic heterocycles. The summed E-state index contributed by atoms with van der Waals surface area (Å²) in [5, 5.41) is 8.22. The fourth-order valence-corrected chi connectivity index (χ4v) is 3.82. The normalized spacial score (nSPS) is 19.5. The topological polar surface area (TPSA) is 76.4 Å². The van der Waals surface area contributed by atoms with E-state index in [1.165, 1.54) is 4.88 Å². The summed E-state index contributed by atoms with van der Waals surface area (Å²) < 4.78 is 7.10. The Balaban J connectivity index is 1.33. The number of carbonyl (C=O) groups excluding carboxylic acids is 1. The molecule has 0 atom stereocenters. The lowest BCUT2D eigenvalue weighted by Crippen LogP contribution is -2.47. The number of aryl methyl sites for hydroxylation is 1. The standard InChI is InChI=1S/C15H20N6O2S/c1-11-14(24-10-16-11)9-19-6-12(7-19)21-8-13(17-18-21)15(22)20-2-4-23-5-3-20/h8,10,12H,2-7,9H2,1H3. The van der Waals surface area contributed by atoms with Gasteiger partial charge in [-0.2, -0.15) is 0 Å². The number of rotatable bonds is 4. The molecule has 0 N–H and O–H groups in total. The van der Waals surface area contributed by atoms with Gasteiger partial charge < -0.3 is 9.64 Å². The number of hydrogen-bond donors (Lipinski definition) is 0. The van der Waals surface area contributed by atoms with Crippen molar-refractivity contribution in [3.63, 3.8) is 0 Å². The molecule has 2 fully saturated rings. The third-order valence-corrected chi connectivity index (χ3v) is 5.47. The Morgan fingerprint density at radius 3 is 2.88 bits per heavy atom. The number of amides is 1. The van der Waals surface area contributed by atoms with Gasteiger partial charge in [-0.3, -0.25) is 9.69 Å². The number of carbonyl (C=O) groups is 1. The number of nitrogens with zero attached hydrogens (tertiary/aromatic N) is 6. The van der Waals surface area contributed by atoms with Crippen LogP contribution in [-0.4, -0.2) is 75.1 Å². The maximum absolute atomic E-state index is 12.4. The zero-order valence-corrected chi connectivity index (χ0v) is 14.4. The minimum atomic E-state index is -0.0546. The lowest BCUT2D eigenvalue weighted by atomic mass is 10.1. The van der Waals surface area contributed by atoms with E-state index in [4.69, 9.17) is 4.74 Å². The quantitative estimate of drug-likeness (QED) is 0.804. The minimum absolute atomic E-state index is 0.0546. The van der Waals surface area contributed by atoms with Crippen LogP contribution in [0.15, 0.2) is 11.7 Å². The van der Waals surface area contributed by atoms with Crippen molar-refractivity contribution in [3.05, 3.63) is 28.0 Å². The van der Waals surface area contributed by atoms with E-state index in [0.717, 1.165) is 25.3 Å². The highest BCUT2D eigenvalue weighted by Crippen LogP contribution is 2.25. The first-order chi connectivity index (χ1) is 11.7. The van der Waals surface area contributed by atoms with Gasteiger partial charge in [0.1, 0.15) is 0 Å². The van der Waals surface area contributed by atoms with E-state index in [-0.39, 0.29) is 11.9 Å². The van der Waals surface area contributed by atoms with Crippen LogP contribution < -0.4 is 0 Å². The van der Waals surface area contributed by atoms with Gasteiger partial charge in [0.15, 0.2) is 5.69 Å². The lowest BCUT2D eigenvalue weighted by Gasteiger charge is -2.38. The summed E-state index contributed by atoms with van der Waals surface area (Å²) in [7, 11) is 0. The molecular weight excluding hydrogens is 328 g/mol. The van der Waals surface area contributed by atoms with Crippen molar-refractivity contribution in [2.75, 3.05) is 39.4 Å². The first kappa shape index (κ1) is 15.7. The molecule has 2 aromatic rings. The first-order valence-corrected chi connectivity index (χ1v) is 8.99. The van der Waals surface area contributed by atoms with Gasteiger partial charge in [0.05, 0.1) is 36.7 Å². The molecule has 9 heteroatoms. The van der Waals surface area contributed by atoms with E-state index in [1.54, 1.807) is 22.4 Å².